The summed E-state index contributed by atoms with van der Waals surface area (Å²) in [5, 5.41) is 4.16. The number of benzene rings is 1. The molecule has 0 radical (unpaired) electrons. The Morgan fingerprint density at radius 3 is 2.82 bits per heavy atom. The summed E-state index contributed by atoms with van der Waals surface area (Å²) in [6.45, 7) is 4.54. The van der Waals surface area contributed by atoms with Crippen LogP contribution in [-0.4, -0.2) is 51.6 Å². The van der Waals surface area contributed by atoms with Crippen molar-refractivity contribution < 1.29 is 9.53 Å². The molecule has 4 aromatic rings. The molecule has 1 aliphatic rings. The number of hydrogen-bond acceptors (Lipinski definition) is 7. The Kier molecular flexibility index (Phi) is 6.67. The third-order valence-corrected chi connectivity index (χ3v) is 6.96. The molecule has 0 atom stereocenters. The van der Waals surface area contributed by atoms with Gasteiger partial charge in [0.1, 0.15) is 12.4 Å². The lowest BCUT2D eigenvalue weighted by molar-refractivity contribution is 0.0765. The molecule has 1 aliphatic heterocycles. The number of pyridine rings is 2. The summed E-state index contributed by atoms with van der Waals surface area (Å²) in [5.41, 5.74) is 4.60. The van der Waals surface area contributed by atoms with E-state index in [1.165, 1.54) is 11.3 Å². The summed E-state index contributed by atoms with van der Waals surface area (Å²) in [6.07, 6.45) is 5.20. The van der Waals surface area contributed by atoms with Gasteiger partial charge in [0.05, 0.1) is 16.9 Å². The lowest BCUT2D eigenvalue weighted by Gasteiger charge is -2.38. The zero-order chi connectivity index (χ0) is 23.3. The molecule has 3 aromatic heterocycles. The highest BCUT2D eigenvalue weighted by Gasteiger charge is 2.28. The Balaban J connectivity index is 1.25. The maximum Gasteiger partial charge on any atom is 0.410 e. The molecule has 0 saturated carbocycles. The van der Waals surface area contributed by atoms with Crippen molar-refractivity contribution in [1.82, 2.24) is 19.9 Å². The molecule has 5 rings (SSSR count). The second-order valence-corrected chi connectivity index (χ2v) is 9.04. The van der Waals surface area contributed by atoms with Crippen LogP contribution in [0.3, 0.4) is 0 Å². The van der Waals surface area contributed by atoms with Gasteiger partial charge < -0.3 is 14.5 Å². The predicted octanol–water partition coefficient (Wildman–Crippen LogP) is 5.38. The van der Waals surface area contributed by atoms with Gasteiger partial charge in [0, 0.05) is 54.4 Å². The number of ether oxygens (including phenoxy) is 1. The molecule has 174 valence electrons. The van der Waals surface area contributed by atoms with Gasteiger partial charge in [-0.25, -0.2) is 14.8 Å². The number of carbonyl (C=O) groups excluding carboxylic acids is 1. The highest BCUT2D eigenvalue weighted by Crippen LogP contribution is 2.29. The standard InChI is InChI=1S/C26H27N5O2S/c1-2-31(26(32)33-16-20-17-34-18-28-20)21-10-13-30(14-11-21)25-8-4-7-24(29-25)23-6-3-5-19-15-27-12-9-22(19)23/h3-9,12,15,17-18,21H,2,10-11,13-14,16H2,1H3. The predicted molar refractivity (Wildman–Crippen MR) is 135 cm³/mol. The van der Waals surface area contributed by atoms with Crippen LogP contribution in [-0.2, 0) is 11.3 Å². The number of thiazole rings is 1. The molecule has 0 bridgehead atoms. The minimum Gasteiger partial charge on any atom is -0.443 e. The average Bonchev–Trinajstić information content (AvgIpc) is 3.42. The number of amides is 1. The van der Waals surface area contributed by atoms with Crippen molar-refractivity contribution >= 4 is 34.0 Å². The molecule has 1 fully saturated rings. The van der Waals surface area contributed by atoms with Crippen molar-refractivity contribution in [3.8, 4) is 11.3 Å². The maximum absolute atomic E-state index is 12.7. The van der Waals surface area contributed by atoms with Crippen LogP contribution in [0.1, 0.15) is 25.5 Å². The van der Waals surface area contributed by atoms with Crippen LogP contribution in [0.4, 0.5) is 10.6 Å². The molecule has 0 aliphatic carbocycles. The fourth-order valence-electron chi connectivity index (χ4n) is 4.57. The van der Waals surface area contributed by atoms with E-state index in [1.807, 2.05) is 41.7 Å². The van der Waals surface area contributed by atoms with Gasteiger partial charge in [0.2, 0.25) is 0 Å². The molecule has 1 amide bonds. The van der Waals surface area contributed by atoms with Crippen LogP contribution < -0.4 is 4.90 Å². The number of anilines is 1. The molecular weight excluding hydrogens is 446 g/mol. The van der Waals surface area contributed by atoms with Gasteiger partial charge in [-0.2, -0.15) is 0 Å². The van der Waals surface area contributed by atoms with Gasteiger partial charge in [0.25, 0.3) is 0 Å². The van der Waals surface area contributed by atoms with Gasteiger partial charge >= 0.3 is 6.09 Å². The average molecular weight is 474 g/mol. The molecule has 0 spiro atoms. The first-order valence-electron chi connectivity index (χ1n) is 11.6. The van der Waals surface area contributed by atoms with Gasteiger partial charge in [-0.3, -0.25) is 4.98 Å². The summed E-state index contributed by atoms with van der Waals surface area (Å²) >= 11 is 1.50. The normalized spacial score (nSPS) is 14.3. The monoisotopic (exact) mass is 473 g/mol. The van der Waals surface area contributed by atoms with Crippen molar-refractivity contribution in [2.75, 3.05) is 24.5 Å². The van der Waals surface area contributed by atoms with Crippen LogP contribution in [0.5, 0.6) is 0 Å². The first-order chi connectivity index (χ1) is 16.7. The van der Waals surface area contributed by atoms with E-state index in [2.05, 4.69) is 45.2 Å². The van der Waals surface area contributed by atoms with Gasteiger partial charge in [-0.05, 0) is 43.4 Å². The van der Waals surface area contributed by atoms with Crippen molar-refractivity contribution in [2.24, 2.45) is 0 Å². The Hall–Kier alpha value is -3.52. The number of aromatic nitrogens is 3. The van der Waals surface area contributed by atoms with Gasteiger partial charge in [-0.1, -0.05) is 24.3 Å². The zero-order valence-corrected chi connectivity index (χ0v) is 19.9. The highest BCUT2D eigenvalue weighted by atomic mass is 32.1. The Labute approximate surface area is 203 Å². The summed E-state index contributed by atoms with van der Waals surface area (Å²) < 4.78 is 5.50. The second-order valence-electron chi connectivity index (χ2n) is 8.32. The van der Waals surface area contributed by atoms with Crippen molar-refractivity contribution in [1.29, 1.82) is 0 Å². The van der Waals surface area contributed by atoms with Gasteiger partial charge in [-0.15, -0.1) is 11.3 Å². The zero-order valence-electron chi connectivity index (χ0n) is 19.1. The second kappa shape index (κ2) is 10.2. The number of hydrogen-bond donors (Lipinski definition) is 0. The molecule has 0 unspecified atom stereocenters. The molecule has 7 nitrogen and oxygen atoms in total. The summed E-state index contributed by atoms with van der Waals surface area (Å²) in [7, 11) is 0. The van der Waals surface area contributed by atoms with Crippen molar-refractivity contribution in [3.05, 3.63) is 71.4 Å². The SMILES string of the molecule is CCN(C(=O)OCc1cscn1)C1CCN(c2cccc(-c3cccc4cnccc34)n2)CC1. The fraction of sp³-hybridized carbons (Fsp3) is 0.308. The molecule has 4 heterocycles. The van der Waals surface area contributed by atoms with E-state index in [1.54, 1.807) is 5.51 Å². The Morgan fingerprint density at radius 1 is 1.18 bits per heavy atom. The minimum absolute atomic E-state index is 0.165. The Bertz CT molecular complexity index is 1250. The topological polar surface area (TPSA) is 71.5 Å². The van der Waals surface area contributed by atoms with Crippen LogP contribution in [0.2, 0.25) is 0 Å². The van der Waals surface area contributed by atoms with E-state index in [9.17, 15) is 4.79 Å². The largest absolute Gasteiger partial charge is 0.443 e. The van der Waals surface area contributed by atoms with E-state index < -0.39 is 0 Å². The Morgan fingerprint density at radius 2 is 2.03 bits per heavy atom. The van der Waals surface area contributed by atoms with E-state index in [0.717, 1.165) is 59.5 Å². The summed E-state index contributed by atoms with van der Waals surface area (Å²) in [4.78, 5) is 30.2. The van der Waals surface area contributed by atoms with E-state index in [-0.39, 0.29) is 18.7 Å². The van der Waals surface area contributed by atoms with Crippen LogP contribution >= 0.6 is 11.3 Å². The highest BCUT2D eigenvalue weighted by molar-refractivity contribution is 7.07. The molecule has 1 aromatic carbocycles. The van der Waals surface area contributed by atoms with Crippen LogP contribution in [0.15, 0.2) is 65.7 Å². The fourth-order valence-corrected chi connectivity index (χ4v) is 5.11. The van der Waals surface area contributed by atoms with E-state index in [0.29, 0.717) is 6.54 Å². The lowest BCUT2D eigenvalue weighted by atomic mass is 10.0. The lowest BCUT2D eigenvalue weighted by Crippen LogP contribution is -2.47. The van der Waals surface area contributed by atoms with E-state index >= 15 is 0 Å². The quantitative estimate of drug-likeness (QED) is 0.374. The summed E-state index contributed by atoms with van der Waals surface area (Å²) in [5.74, 6) is 0.969. The van der Waals surface area contributed by atoms with Crippen molar-refractivity contribution in [2.45, 2.75) is 32.4 Å². The molecule has 34 heavy (non-hydrogen) atoms. The van der Waals surface area contributed by atoms with Crippen LogP contribution in [0, 0.1) is 0 Å². The third kappa shape index (κ3) is 4.72. The third-order valence-electron chi connectivity index (χ3n) is 6.32. The molecular formula is C26H27N5O2S. The molecule has 8 heteroatoms. The molecule has 1 saturated heterocycles. The van der Waals surface area contributed by atoms with Crippen LogP contribution in [0.25, 0.3) is 22.0 Å². The number of nitrogens with zero attached hydrogens (tertiary/aromatic N) is 5. The molecule has 0 N–H and O–H groups in total. The van der Waals surface area contributed by atoms with Gasteiger partial charge in [0.15, 0.2) is 0 Å². The smallest absolute Gasteiger partial charge is 0.410 e. The maximum atomic E-state index is 12.7. The van der Waals surface area contributed by atoms with E-state index in [4.69, 9.17) is 9.72 Å². The number of carbonyl (C=O) groups is 1. The number of piperidine rings is 1. The first kappa shape index (κ1) is 22.3. The summed E-state index contributed by atoms with van der Waals surface area (Å²) in [6, 6.07) is 14.6. The van der Waals surface area contributed by atoms with Crippen molar-refractivity contribution in [3.63, 3.8) is 0 Å². The minimum atomic E-state index is -0.264. The first-order valence-corrected chi connectivity index (χ1v) is 12.5. The number of fused-ring (bicyclic) bond motifs is 1. The number of rotatable bonds is 6.